The summed E-state index contributed by atoms with van der Waals surface area (Å²) in [7, 11) is 0. The summed E-state index contributed by atoms with van der Waals surface area (Å²) in [6.07, 6.45) is 0. The van der Waals surface area contributed by atoms with Crippen molar-refractivity contribution in [2.24, 2.45) is 5.10 Å². The maximum absolute atomic E-state index is 6.09. The van der Waals surface area contributed by atoms with Crippen LogP contribution in [0.15, 0.2) is 63.3 Å². The normalized spacial score (nSPS) is 13.6. The highest BCUT2D eigenvalue weighted by Crippen LogP contribution is 2.30. The van der Waals surface area contributed by atoms with E-state index in [1.165, 1.54) is 0 Å². The maximum Gasteiger partial charge on any atom is 0.212 e. The molecule has 4 rings (SSSR count). The van der Waals surface area contributed by atoms with E-state index in [4.69, 9.17) is 16.7 Å². The van der Waals surface area contributed by atoms with Crippen molar-refractivity contribution in [2.75, 3.05) is 5.75 Å². The molecule has 0 aliphatic carbocycles. The van der Waals surface area contributed by atoms with E-state index in [0.29, 0.717) is 10.8 Å². The predicted molar refractivity (Wildman–Crippen MR) is 97.3 cm³/mol. The third-order valence-electron chi connectivity index (χ3n) is 3.44. The van der Waals surface area contributed by atoms with Crippen LogP contribution in [0.4, 0.5) is 0 Å². The Bertz CT molecular complexity index is 922. The van der Waals surface area contributed by atoms with Crippen molar-refractivity contribution in [1.82, 2.24) is 14.9 Å². The van der Waals surface area contributed by atoms with Crippen LogP contribution in [0, 0.1) is 0 Å². The zero-order valence-electron chi connectivity index (χ0n) is 11.8. The number of halogens is 2. The standard InChI is InChI=1S/C16H10BrClN4S/c17-13-7-2-1-6-12(13)14-9-23-16-20-19-15(22(16)21-14)10-4-3-5-11(18)8-10/h1-8H,9H2. The zero-order chi connectivity index (χ0) is 15.8. The van der Waals surface area contributed by atoms with E-state index in [9.17, 15) is 0 Å². The van der Waals surface area contributed by atoms with Gasteiger partial charge in [0, 0.05) is 26.4 Å². The number of benzene rings is 2. The molecule has 7 heteroatoms. The van der Waals surface area contributed by atoms with E-state index in [1.54, 1.807) is 16.4 Å². The Labute approximate surface area is 150 Å². The van der Waals surface area contributed by atoms with Crippen molar-refractivity contribution < 1.29 is 0 Å². The Hall–Kier alpha value is -1.63. The zero-order valence-corrected chi connectivity index (χ0v) is 14.9. The van der Waals surface area contributed by atoms with Gasteiger partial charge >= 0.3 is 0 Å². The molecule has 23 heavy (non-hydrogen) atoms. The van der Waals surface area contributed by atoms with Gasteiger partial charge in [0.05, 0.1) is 5.71 Å². The average molecular weight is 406 g/mol. The second kappa shape index (κ2) is 6.11. The lowest BCUT2D eigenvalue weighted by Gasteiger charge is -2.14. The van der Waals surface area contributed by atoms with Crippen molar-refractivity contribution in [3.63, 3.8) is 0 Å². The molecule has 3 aromatic rings. The molecule has 0 bridgehead atoms. The van der Waals surface area contributed by atoms with Gasteiger partial charge in [-0.15, -0.1) is 10.2 Å². The monoisotopic (exact) mass is 404 g/mol. The fourth-order valence-corrected chi connectivity index (χ4v) is 3.89. The highest BCUT2D eigenvalue weighted by Gasteiger charge is 2.21. The molecule has 0 saturated carbocycles. The Morgan fingerprint density at radius 3 is 2.78 bits per heavy atom. The SMILES string of the molecule is Clc1cccc(-c2nnc3n2N=C(c2ccccc2Br)CS3)c1. The minimum atomic E-state index is 0.665. The molecule has 4 nitrogen and oxygen atoms in total. The summed E-state index contributed by atoms with van der Waals surface area (Å²) in [4.78, 5) is 0. The largest absolute Gasteiger partial charge is 0.212 e. The lowest BCUT2D eigenvalue weighted by Crippen LogP contribution is -2.14. The van der Waals surface area contributed by atoms with E-state index in [2.05, 4.69) is 32.2 Å². The number of thioether (sulfide) groups is 1. The Balaban J connectivity index is 1.83. The first kappa shape index (κ1) is 14.9. The Morgan fingerprint density at radius 1 is 1.09 bits per heavy atom. The molecular formula is C16H10BrClN4S. The number of rotatable bonds is 2. The maximum atomic E-state index is 6.09. The Morgan fingerprint density at radius 2 is 1.96 bits per heavy atom. The van der Waals surface area contributed by atoms with Crippen molar-refractivity contribution in [3.8, 4) is 11.4 Å². The molecule has 114 valence electrons. The van der Waals surface area contributed by atoms with Crippen LogP contribution in [0.2, 0.25) is 5.02 Å². The van der Waals surface area contributed by atoms with Crippen LogP contribution in [0.1, 0.15) is 5.56 Å². The van der Waals surface area contributed by atoms with E-state index in [0.717, 1.165) is 32.2 Å². The molecule has 1 aromatic heterocycles. The third-order valence-corrected chi connectivity index (χ3v) is 5.30. The van der Waals surface area contributed by atoms with Gasteiger partial charge in [0.1, 0.15) is 0 Å². The van der Waals surface area contributed by atoms with E-state index < -0.39 is 0 Å². The molecule has 0 fully saturated rings. The third kappa shape index (κ3) is 2.82. The van der Waals surface area contributed by atoms with Gasteiger partial charge in [0.15, 0.2) is 5.82 Å². The molecule has 0 unspecified atom stereocenters. The first-order valence-electron chi connectivity index (χ1n) is 6.89. The average Bonchev–Trinajstić information content (AvgIpc) is 2.98. The van der Waals surface area contributed by atoms with Crippen molar-refractivity contribution in [2.45, 2.75) is 5.16 Å². The van der Waals surface area contributed by atoms with E-state index >= 15 is 0 Å². The smallest absolute Gasteiger partial charge is 0.187 e. The van der Waals surface area contributed by atoms with E-state index in [-0.39, 0.29) is 0 Å². The number of fused-ring (bicyclic) bond motifs is 1. The van der Waals surface area contributed by atoms with Gasteiger partial charge in [-0.3, -0.25) is 0 Å². The summed E-state index contributed by atoms with van der Waals surface area (Å²) in [6, 6.07) is 15.6. The topological polar surface area (TPSA) is 43.1 Å². The van der Waals surface area contributed by atoms with Crippen molar-refractivity contribution in [1.29, 1.82) is 0 Å². The van der Waals surface area contributed by atoms with Gasteiger partial charge in [-0.2, -0.15) is 9.78 Å². The van der Waals surface area contributed by atoms with Gasteiger partial charge < -0.3 is 0 Å². The van der Waals surface area contributed by atoms with Crippen molar-refractivity contribution >= 4 is 45.0 Å². The molecule has 0 N–H and O–H groups in total. The van der Waals surface area contributed by atoms with Crippen LogP contribution in [0.25, 0.3) is 11.4 Å². The van der Waals surface area contributed by atoms with Crippen LogP contribution < -0.4 is 0 Å². The molecular weight excluding hydrogens is 396 g/mol. The molecule has 0 spiro atoms. The molecule has 1 aliphatic rings. The highest BCUT2D eigenvalue weighted by atomic mass is 79.9. The van der Waals surface area contributed by atoms with Gasteiger partial charge in [-0.05, 0) is 18.2 Å². The molecule has 0 radical (unpaired) electrons. The summed E-state index contributed by atoms with van der Waals surface area (Å²) in [5.41, 5.74) is 2.96. The minimum absolute atomic E-state index is 0.665. The summed E-state index contributed by atoms with van der Waals surface area (Å²) >= 11 is 11.3. The van der Waals surface area contributed by atoms with Gasteiger partial charge in [0.25, 0.3) is 0 Å². The first-order chi connectivity index (χ1) is 11.2. The van der Waals surface area contributed by atoms with E-state index in [1.807, 2.05) is 42.5 Å². The fraction of sp³-hybridized carbons (Fsp3) is 0.0625. The molecule has 0 atom stereocenters. The molecule has 2 aromatic carbocycles. The van der Waals surface area contributed by atoms with Gasteiger partial charge in [-0.1, -0.05) is 69.6 Å². The quantitative estimate of drug-likeness (QED) is 0.619. The van der Waals surface area contributed by atoms with Crippen LogP contribution in [0.3, 0.4) is 0 Å². The fourth-order valence-electron chi connectivity index (χ4n) is 2.36. The second-order valence-corrected chi connectivity index (χ2v) is 7.18. The Kier molecular flexibility index (Phi) is 3.97. The van der Waals surface area contributed by atoms with Crippen LogP contribution >= 0.6 is 39.3 Å². The molecule has 0 saturated heterocycles. The summed E-state index contributed by atoms with van der Waals surface area (Å²) < 4.78 is 2.81. The van der Waals surface area contributed by atoms with Gasteiger partial charge in [0.2, 0.25) is 5.16 Å². The summed E-state index contributed by atoms with van der Waals surface area (Å²) in [6.45, 7) is 0. The van der Waals surface area contributed by atoms with Crippen LogP contribution in [-0.2, 0) is 0 Å². The highest BCUT2D eigenvalue weighted by molar-refractivity contribution is 9.10. The van der Waals surface area contributed by atoms with Crippen molar-refractivity contribution in [3.05, 3.63) is 63.6 Å². The van der Waals surface area contributed by atoms with Gasteiger partial charge in [-0.25, -0.2) is 0 Å². The number of nitrogens with zero attached hydrogens (tertiary/aromatic N) is 4. The molecule has 0 amide bonds. The molecule has 2 heterocycles. The number of hydrogen-bond acceptors (Lipinski definition) is 4. The second-order valence-electron chi connectivity index (χ2n) is 4.94. The summed E-state index contributed by atoms with van der Waals surface area (Å²) in [5, 5.41) is 14.7. The molecule has 1 aliphatic heterocycles. The number of hydrogen-bond donors (Lipinski definition) is 0. The summed E-state index contributed by atoms with van der Waals surface area (Å²) in [5.74, 6) is 1.45. The lowest BCUT2D eigenvalue weighted by atomic mass is 10.1. The van der Waals surface area contributed by atoms with Crippen LogP contribution in [-0.4, -0.2) is 26.3 Å². The van der Waals surface area contributed by atoms with Crippen LogP contribution in [0.5, 0.6) is 0 Å². The minimum Gasteiger partial charge on any atom is -0.187 e. The first-order valence-corrected chi connectivity index (χ1v) is 9.05. The lowest BCUT2D eigenvalue weighted by molar-refractivity contribution is 0.762. The predicted octanol–water partition coefficient (Wildman–Crippen LogP) is 4.72. The number of aromatic nitrogens is 3.